The zero-order valence-corrected chi connectivity index (χ0v) is 18.7. The Hall–Kier alpha value is -4.30. The Morgan fingerprint density at radius 3 is 2.43 bits per heavy atom. The summed E-state index contributed by atoms with van der Waals surface area (Å²) >= 11 is 0. The Balaban J connectivity index is 1.24. The molecule has 0 radical (unpaired) electrons. The molecule has 2 saturated carbocycles. The van der Waals surface area contributed by atoms with E-state index in [1.807, 2.05) is 5.32 Å². The SMILES string of the molecule is Nc1ncnc2c1c(-c1cc(F)c(NC(=O)Nc3cc(C4(C(F)(F)F)CC4)no3)c(F)c1)nn2C1CC1. The molecular formula is C22H17F5N8O2. The van der Waals surface area contributed by atoms with Crippen LogP contribution in [0, 0.1) is 11.6 Å². The average molecular weight is 520 g/mol. The maximum Gasteiger partial charge on any atom is 0.400 e. The lowest BCUT2D eigenvalue weighted by Crippen LogP contribution is -2.28. The van der Waals surface area contributed by atoms with Gasteiger partial charge in [0.1, 0.15) is 46.3 Å². The summed E-state index contributed by atoms with van der Waals surface area (Å²) in [6.45, 7) is 0. The highest BCUT2D eigenvalue weighted by molar-refractivity contribution is 6.00. The van der Waals surface area contributed by atoms with Crippen LogP contribution in [-0.4, -0.2) is 37.1 Å². The van der Waals surface area contributed by atoms with E-state index in [9.17, 15) is 26.7 Å². The molecule has 2 aliphatic carbocycles. The van der Waals surface area contributed by atoms with Crippen LogP contribution in [0.25, 0.3) is 22.3 Å². The third-order valence-corrected chi connectivity index (χ3v) is 6.49. The summed E-state index contributed by atoms with van der Waals surface area (Å²) in [7, 11) is 0. The maximum atomic E-state index is 14.9. The fourth-order valence-corrected chi connectivity index (χ4v) is 4.23. The quantitative estimate of drug-likeness (QED) is 0.318. The highest BCUT2D eigenvalue weighted by atomic mass is 19.4. The Morgan fingerprint density at radius 2 is 1.81 bits per heavy atom. The van der Waals surface area contributed by atoms with Crippen molar-refractivity contribution in [1.29, 1.82) is 0 Å². The Kier molecular flexibility index (Phi) is 4.90. The van der Waals surface area contributed by atoms with Crippen LogP contribution in [0.3, 0.4) is 0 Å². The van der Waals surface area contributed by atoms with Gasteiger partial charge in [-0.15, -0.1) is 0 Å². The second-order valence-corrected chi connectivity index (χ2v) is 9.03. The molecule has 0 atom stereocenters. The van der Waals surface area contributed by atoms with Crippen LogP contribution < -0.4 is 16.4 Å². The molecule has 6 rings (SSSR count). The summed E-state index contributed by atoms with van der Waals surface area (Å²) in [6.07, 6.45) is -1.78. The van der Waals surface area contributed by atoms with Crippen molar-refractivity contribution < 1.29 is 31.3 Å². The summed E-state index contributed by atoms with van der Waals surface area (Å²) in [5.41, 5.74) is 3.40. The molecule has 10 nitrogen and oxygen atoms in total. The summed E-state index contributed by atoms with van der Waals surface area (Å²) < 4.78 is 76.0. The van der Waals surface area contributed by atoms with Gasteiger partial charge in [-0.1, -0.05) is 5.16 Å². The molecule has 0 spiro atoms. The van der Waals surface area contributed by atoms with E-state index in [0.29, 0.717) is 11.0 Å². The summed E-state index contributed by atoms with van der Waals surface area (Å²) in [4.78, 5) is 20.5. The molecule has 37 heavy (non-hydrogen) atoms. The van der Waals surface area contributed by atoms with Gasteiger partial charge in [-0.05, 0) is 37.8 Å². The maximum absolute atomic E-state index is 14.9. The number of fused-ring (bicyclic) bond motifs is 1. The van der Waals surface area contributed by atoms with Gasteiger partial charge in [0.15, 0.2) is 5.65 Å². The van der Waals surface area contributed by atoms with Crippen LogP contribution in [0.2, 0.25) is 0 Å². The van der Waals surface area contributed by atoms with E-state index in [0.717, 1.165) is 31.0 Å². The highest BCUT2D eigenvalue weighted by Crippen LogP contribution is 2.58. The number of nitrogens with one attached hydrogen (secondary N) is 2. The van der Waals surface area contributed by atoms with Gasteiger partial charge in [0.05, 0.1) is 11.4 Å². The van der Waals surface area contributed by atoms with Crippen molar-refractivity contribution in [3.63, 3.8) is 0 Å². The van der Waals surface area contributed by atoms with Gasteiger partial charge in [-0.25, -0.2) is 28.2 Å². The van der Waals surface area contributed by atoms with Crippen molar-refractivity contribution in [3.05, 3.63) is 41.9 Å². The number of nitrogens with two attached hydrogens (primary N) is 1. The molecule has 15 heteroatoms. The minimum absolute atomic E-state index is 0.0496. The Labute approximate surface area is 204 Å². The van der Waals surface area contributed by atoms with Gasteiger partial charge in [0, 0.05) is 11.6 Å². The van der Waals surface area contributed by atoms with Gasteiger partial charge in [-0.3, -0.25) is 5.32 Å². The largest absolute Gasteiger partial charge is 0.400 e. The molecule has 0 saturated heterocycles. The van der Waals surface area contributed by atoms with Gasteiger partial charge in [0.25, 0.3) is 0 Å². The first-order valence-electron chi connectivity index (χ1n) is 11.2. The van der Waals surface area contributed by atoms with Crippen LogP contribution in [0.15, 0.2) is 29.0 Å². The Morgan fingerprint density at radius 1 is 1.11 bits per heavy atom. The smallest absolute Gasteiger partial charge is 0.383 e. The normalized spacial score (nSPS) is 16.7. The summed E-state index contributed by atoms with van der Waals surface area (Å²) in [5.74, 6) is -2.56. The number of amides is 2. The minimum Gasteiger partial charge on any atom is -0.383 e. The number of hydrogen-bond acceptors (Lipinski definition) is 7. The molecule has 0 unspecified atom stereocenters. The molecule has 2 fully saturated rings. The second-order valence-electron chi connectivity index (χ2n) is 9.03. The number of carbonyl (C=O) groups is 1. The molecule has 3 aromatic heterocycles. The lowest BCUT2D eigenvalue weighted by Gasteiger charge is -2.15. The van der Waals surface area contributed by atoms with E-state index >= 15 is 0 Å². The molecule has 3 heterocycles. The lowest BCUT2D eigenvalue weighted by atomic mass is 10.0. The third-order valence-electron chi connectivity index (χ3n) is 6.49. The van der Waals surface area contributed by atoms with E-state index in [-0.39, 0.29) is 41.7 Å². The van der Waals surface area contributed by atoms with E-state index in [2.05, 4.69) is 25.5 Å². The molecule has 192 valence electrons. The van der Waals surface area contributed by atoms with Gasteiger partial charge < -0.3 is 15.6 Å². The fourth-order valence-electron chi connectivity index (χ4n) is 4.23. The first-order valence-corrected chi connectivity index (χ1v) is 11.2. The van der Waals surface area contributed by atoms with Gasteiger partial charge >= 0.3 is 12.2 Å². The Bertz CT molecular complexity index is 1530. The molecule has 0 aliphatic heterocycles. The lowest BCUT2D eigenvalue weighted by molar-refractivity contribution is -0.161. The zero-order valence-electron chi connectivity index (χ0n) is 18.7. The van der Waals surface area contributed by atoms with Crippen molar-refractivity contribution in [2.24, 2.45) is 0 Å². The summed E-state index contributed by atoms with van der Waals surface area (Å²) in [5, 5.41) is 12.3. The highest BCUT2D eigenvalue weighted by Gasteiger charge is 2.66. The number of hydrogen-bond donors (Lipinski definition) is 3. The van der Waals surface area contributed by atoms with Crippen molar-refractivity contribution in [2.75, 3.05) is 16.4 Å². The van der Waals surface area contributed by atoms with E-state index in [1.165, 1.54) is 6.33 Å². The van der Waals surface area contributed by atoms with Crippen LogP contribution in [0.1, 0.15) is 37.4 Å². The molecule has 4 aromatic rings. The van der Waals surface area contributed by atoms with Crippen molar-refractivity contribution in [2.45, 2.75) is 43.3 Å². The van der Waals surface area contributed by atoms with E-state index < -0.39 is 40.8 Å². The van der Waals surface area contributed by atoms with Crippen LogP contribution in [-0.2, 0) is 5.41 Å². The van der Waals surface area contributed by atoms with Crippen molar-refractivity contribution in [3.8, 4) is 11.3 Å². The first-order chi connectivity index (χ1) is 17.6. The predicted octanol–water partition coefficient (Wildman–Crippen LogP) is 4.91. The molecular weight excluding hydrogens is 503 g/mol. The summed E-state index contributed by atoms with van der Waals surface area (Å²) in [6, 6.07) is 1.83. The molecule has 1 aromatic carbocycles. The predicted molar refractivity (Wildman–Crippen MR) is 119 cm³/mol. The molecule has 2 aliphatic rings. The van der Waals surface area contributed by atoms with E-state index in [1.54, 1.807) is 4.68 Å². The standard InChI is InChI=1S/C22H17F5N8O2/c23-11-5-9(16-15-18(28)29-8-30-19(15)35(33-16)10-1-2-10)6-12(24)17(11)32-20(36)31-14-7-13(34-37-14)21(3-4-21)22(25,26)27/h5-8,10H,1-4H2,(H2,28,29,30)(H2,31,32,36). The average Bonchev–Trinajstić information content (AvgIpc) is 3.75. The molecule has 0 bridgehead atoms. The molecule has 4 N–H and O–H groups in total. The van der Waals surface area contributed by atoms with Crippen molar-refractivity contribution >= 4 is 34.5 Å². The number of aromatic nitrogens is 5. The fraction of sp³-hybridized carbons (Fsp3) is 0.318. The number of benzene rings is 1. The number of carbonyl (C=O) groups excluding carboxylic acids is 1. The number of rotatable bonds is 5. The van der Waals surface area contributed by atoms with E-state index in [4.69, 9.17) is 10.3 Å². The topological polar surface area (TPSA) is 137 Å². The number of nitrogen functional groups attached to an aromatic ring is 1. The van der Waals surface area contributed by atoms with Crippen LogP contribution in [0.5, 0.6) is 0 Å². The van der Waals surface area contributed by atoms with Gasteiger partial charge in [-0.2, -0.15) is 18.3 Å². The van der Waals surface area contributed by atoms with Gasteiger partial charge in [0.2, 0.25) is 5.88 Å². The molecule has 2 amide bonds. The third kappa shape index (κ3) is 3.81. The number of alkyl halides is 3. The first kappa shape index (κ1) is 23.1. The number of halogens is 5. The number of urea groups is 1. The number of anilines is 3. The van der Waals surface area contributed by atoms with Crippen molar-refractivity contribution in [1.82, 2.24) is 24.9 Å². The minimum atomic E-state index is -4.52. The monoisotopic (exact) mass is 520 g/mol. The second kappa shape index (κ2) is 7.85. The number of nitrogens with zero attached hydrogens (tertiary/aromatic N) is 5. The van der Waals surface area contributed by atoms with Crippen LogP contribution >= 0.6 is 0 Å². The van der Waals surface area contributed by atoms with Crippen LogP contribution in [0.4, 0.5) is 44.1 Å². The zero-order chi connectivity index (χ0) is 26.1.